The minimum Gasteiger partial charge on any atom is -0.298 e. The van der Waals surface area contributed by atoms with E-state index in [0.29, 0.717) is 0 Å². The average molecular weight is 236 g/mol. The number of carbonyl (C=O) groups is 1. The van der Waals surface area contributed by atoms with Crippen LogP contribution in [0.5, 0.6) is 0 Å². The number of rotatable bonds is 2. The number of benzene rings is 2. The second-order valence-electron chi connectivity index (χ2n) is 4.93. The van der Waals surface area contributed by atoms with Gasteiger partial charge in [-0.25, -0.2) is 0 Å². The molecule has 2 aromatic rings. The molecule has 0 aliphatic heterocycles. The van der Waals surface area contributed by atoms with E-state index < -0.39 is 0 Å². The molecule has 0 atom stereocenters. The summed E-state index contributed by atoms with van der Waals surface area (Å²) in [5.41, 5.74) is 6.19. The Morgan fingerprint density at radius 1 is 0.778 bits per heavy atom. The molecule has 90 valence electrons. The average Bonchev–Trinajstić information content (AvgIpc) is 2.47. The zero-order valence-corrected chi connectivity index (χ0v) is 10.4. The van der Waals surface area contributed by atoms with Crippen molar-refractivity contribution >= 4 is 6.29 Å². The molecule has 1 aliphatic carbocycles. The molecule has 18 heavy (non-hydrogen) atoms. The lowest BCUT2D eigenvalue weighted by atomic mass is 9.89. The van der Waals surface area contributed by atoms with Gasteiger partial charge < -0.3 is 0 Å². The summed E-state index contributed by atoms with van der Waals surface area (Å²) in [6.45, 7) is 0. The first kappa shape index (κ1) is 11.2. The molecular weight excluding hydrogens is 220 g/mol. The van der Waals surface area contributed by atoms with Gasteiger partial charge in [0.15, 0.2) is 0 Å². The zero-order valence-electron chi connectivity index (χ0n) is 10.4. The van der Waals surface area contributed by atoms with Gasteiger partial charge in [-0.15, -0.1) is 0 Å². The largest absolute Gasteiger partial charge is 0.298 e. The van der Waals surface area contributed by atoms with Crippen molar-refractivity contribution in [1.29, 1.82) is 0 Å². The van der Waals surface area contributed by atoms with Gasteiger partial charge in [0.25, 0.3) is 0 Å². The lowest BCUT2D eigenvalue weighted by Crippen LogP contribution is -2.02. The number of carbonyl (C=O) groups excluding carboxylic acids is 1. The molecule has 0 fully saturated rings. The Morgan fingerprint density at radius 2 is 1.44 bits per heavy atom. The van der Waals surface area contributed by atoms with E-state index in [1.54, 1.807) is 0 Å². The van der Waals surface area contributed by atoms with Crippen molar-refractivity contribution in [3.63, 3.8) is 0 Å². The summed E-state index contributed by atoms with van der Waals surface area (Å²) < 4.78 is 0. The van der Waals surface area contributed by atoms with E-state index in [9.17, 15) is 4.79 Å². The summed E-state index contributed by atoms with van der Waals surface area (Å²) in [6, 6.07) is 14.6. The van der Waals surface area contributed by atoms with Crippen LogP contribution in [0.1, 0.15) is 34.3 Å². The minimum atomic E-state index is 0.733. The number of hydrogen-bond donors (Lipinski definition) is 0. The highest BCUT2D eigenvalue weighted by Crippen LogP contribution is 2.27. The summed E-state index contributed by atoms with van der Waals surface area (Å²) in [5, 5.41) is 0. The fourth-order valence-electron chi connectivity index (χ4n) is 2.67. The van der Waals surface area contributed by atoms with Crippen molar-refractivity contribution in [1.82, 2.24) is 0 Å². The van der Waals surface area contributed by atoms with Crippen molar-refractivity contribution in [2.45, 2.75) is 25.7 Å². The van der Waals surface area contributed by atoms with Gasteiger partial charge in [-0.05, 0) is 47.9 Å². The first-order valence-electron chi connectivity index (χ1n) is 6.54. The van der Waals surface area contributed by atoms with Crippen LogP contribution in [-0.2, 0) is 12.8 Å². The summed E-state index contributed by atoms with van der Waals surface area (Å²) in [5.74, 6) is 0. The normalized spacial score (nSPS) is 14.0. The lowest BCUT2D eigenvalue weighted by molar-refractivity contribution is 0.112. The molecule has 1 nitrogen and oxygen atoms in total. The zero-order chi connectivity index (χ0) is 12.4. The lowest BCUT2D eigenvalue weighted by Gasteiger charge is -2.16. The van der Waals surface area contributed by atoms with Gasteiger partial charge in [0.2, 0.25) is 0 Å². The third-order valence-electron chi connectivity index (χ3n) is 3.73. The molecule has 0 unspecified atom stereocenters. The number of hydrogen-bond acceptors (Lipinski definition) is 1. The first-order chi connectivity index (χ1) is 8.86. The number of aryl methyl sites for hydroxylation is 2. The second-order valence-corrected chi connectivity index (χ2v) is 4.93. The van der Waals surface area contributed by atoms with Gasteiger partial charge in [0.1, 0.15) is 6.29 Å². The molecule has 0 saturated carbocycles. The van der Waals surface area contributed by atoms with Crippen molar-refractivity contribution in [2.75, 3.05) is 0 Å². The molecule has 1 aliphatic rings. The Kier molecular flexibility index (Phi) is 2.97. The van der Waals surface area contributed by atoms with Gasteiger partial charge in [-0.1, -0.05) is 42.5 Å². The predicted molar refractivity (Wildman–Crippen MR) is 73.9 cm³/mol. The Labute approximate surface area is 107 Å². The highest BCUT2D eigenvalue weighted by atomic mass is 16.1. The van der Waals surface area contributed by atoms with E-state index in [1.807, 2.05) is 24.3 Å². The maximum atomic E-state index is 10.6. The van der Waals surface area contributed by atoms with Crippen LogP contribution >= 0.6 is 0 Å². The SMILES string of the molecule is O=Cc1ccc(-c2ccc3c(c2)CCCC3)cc1. The summed E-state index contributed by atoms with van der Waals surface area (Å²) in [7, 11) is 0. The van der Waals surface area contributed by atoms with E-state index in [2.05, 4.69) is 18.2 Å². The molecule has 0 aromatic heterocycles. The Balaban J connectivity index is 1.98. The molecule has 0 heterocycles. The third-order valence-corrected chi connectivity index (χ3v) is 3.73. The minimum absolute atomic E-state index is 0.733. The maximum Gasteiger partial charge on any atom is 0.150 e. The highest BCUT2D eigenvalue weighted by molar-refractivity contribution is 5.77. The van der Waals surface area contributed by atoms with E-state index in [-0.39, 0.29) is 0 Å². The van der Waals surface area contributed by atoms with Crippen molar-refractivity contribution in [2.24, 2.45) is 0 Å². The molecule has 0 saturated heterocycles. The summed E-state index contributed by atoms with van der Waals surface area (Å²) in [4.78, 5) is 10.6. The smallest absolute Gasteiger partial charge is 0.150 e. The van der Waals surface area contributed by atoms with Crippen molar-refractivity contribution in [3.05, 3.63) is 59.2 Å². The molecule has 0 bridgehead atoms. The highest BCUT2D eigenvalue weighted by Gasteiger charge is 2.09. The van der Waals surface area contributed by atoms with E-state index >= 15 is 0 Å². The standard InChI is InChI=1S/C17H16O/c18-12-13-5-7-15(8-6-13)17-10-9-14-3-1-2-4-16(14)11-17/h5-12H,1-4H2. The van der Waals surface area contributed by atoms with E-state index in [1.165, 1.54) is 47.9 Å². The van der Waals surface area contributed by atoms with Crippen LogP contribution in [0.2, 0.25) is 0 Å². The monoisotopic (exact) mass is 236 g/mol. The fourth-order valence-corrected chi connectivity index (χ4v) is 2.67. The number of fused-ring (bicyclic) bond motifs is 1. The molecule has 0 spiro atoms. The molecular formula is C17H16O. The maximum absolute atomic E-state index is 10.6. The molecule has 1 heteroatoms. The van der Waals surface area contributed by atoms with Gasteiger partial charge in [0, 0.05) is 5.56 Å². The van der Waals surface area contributed by atoms with Crippen LogP contribution in [0.15, 0.2) is 42.5 Å². The van der Waals surface area contributed by atoms with E-state index in [0.717, 1.165) is 11.8 Å². The first-order valence-corrected chi connectivity index (χ1v) is 6.54. The van der Waals surface area contributed by atoms with Gasteiger partial charge in [0.05, 0.1) is 0 Å². The van der Waals surface area contributed by atoms with Gasteiger partial charge in [-0.3, -0.25) is 4.79 Å². The quantitative estimate of drug-likeness (QED) is 0.719. The van der Waals surface area contributed by atoms with Crippen molar-refractivity contribution < 1.29 is 4.79 Å². The molecule has 2 aromatic carbocycles. The Morgan fingerprint density at radius 3 is 2.17 bits per heavy atom. The molecule has 0 amide bonds. The van der Waals surface area contributed by atoms with Gasteiger partial charge >= 0.3 is 0 Å². The molecule has 3 rings (SSSR count). The Bertz CT molecular complexity index is 567. The predicted octanol–water partition coefficient (Wildman–Crippen LogP) is 4.04. The fraction of sp³-hybridized carbons (Fsp3) is 0.235. The van der Waals surface area contributed by atoms with Crippen LogP contribution < -0.4 is 0 Å². The van der Waals surface area contributed by atoms with Gasteiger partial charge in [-0.2, -0.15) is 0 Å². The summed E-state index contributed by atoms with van der Waals surface area (Å²) >= 11 is 0. The number of aldehydes is 1. The van der Waals surface area contributed by atoms with Crippen LogP contribution in [0.3, 0.4) is 0 Å². The van der Waals surface area contributed by atoms with Crippen LogP contribution in [0.4, 0.5) is 0 Å². The third kappa shape index (κ3) is 2.08. The van der Waals surface area contributed by atoms with Crippen LogP contribution in [0, 0.1) is 0 Å². The topological polar surface area (TPSA) is 17.1 Å². The molecule has 0 radical (unpaired) electrons. The molecule has 0 N–H and O–H groups in total. The Hall–Kier alpha value is -1.89. The van der Waals surface area contributed by atoms with Crippen LogP contribution in [-0.4, -0.2) is 6.29 Å². The van der Waals surface area contributed by atoms with Crippen LogP contribution in [0.25, 0.3) is 11.1 Å². The second kappa shape index (κ2) is 4.77. The van der Waals surface area contributed by atoms with Crippen molar-refractivity contribution in [3.8, 4) is 11.1 Å². The van der Waals surface area contributed by atoms with E-state index in [4.69, 9.17) is 0 Å². The summed E-state index contributed by atoms with van der Waals surface area (Å²) in [6.07, 6.45) is 5.94.